The molecule has 2 fully saturated rings. The molecular formula is C15H24N2O3S. The summed E-state index contributed by atoms with van der Waals surface area (Å²) in [5.74, 6) is 1.68. The van der Waals surface area contributed by atoms with Gasteiger partial charge in [0.2, 0.25) is 10.0 Å². The maximum atomic E-state index is 12.4. The molecule has 118 valence electrons. The zero-order valence-electron chi connectivity index (χ0n) is 12.7. The van der Waals surface area contributed by atoms with Gasteiger partial charge in [0.15, 0.2) is 0 Å². The van der Waals surface area contributed by atoms with Gasteiger partial charge in [-0.1, -0.05) is 13.3 Å². The van der Waals surface area contributed by atoms with Crippen LogP contribution >= 0.6 is 0 Å². The Morgan fingerprint density at radius 2 is 2.14 bits per heavy atom. The molecule has 2 N–H and O–H groups in total. The van der Waals surface area contributed by atoms with Crippen LogP contribution in [0.3, 0.4) is 0 Å². The first-order chi connectivity index (χ1) is 9.99. The van der Waals surface area contributed by atoms with Crippen LogP contribution in [0.2, 0.25) is 0 Å². The van der Waals surface area contributed by atoms with Crippen molar-refractivity contribution >= 4 is 10.0 Å². The molecule has 2 aliphatic carbocycles. The van der Waals surface area contributed by atoms with Crippen LogP contribution in [0.1, 0.15) is 50.5 Å². The summed E-state index contributed by atoms with van der Waals surface area (Å²) in [6.07, 6.45) is 5.55. The molecule has 2 saturated carbocycles. The van der Waals surface area contributed by atoms with E-state index in [4.69, 9.17) is 4.42 Å². The summed E-state index contributed by atoms with van der Waals surface area (Å²) in [6.45, 7) is 4.44. The lowest BCUT2D eigenvalue weighted by atomic mass is 10.2. The maximum absolute atomic E-state index is 12.4. The Balaban J connectivity index is 1.64. The quantitative estimate of drug-likeness (QED) is 0.773. The molecule has 0 radical (unpaired) electrons. The highest BCUT2D eigenvalue weighted by atomic mass is 32.2. The van der Waals surface area contributed by atoms with Gasteiger partial charge in [-0.25, -0.2) is 13.1 Å². The minimum Gasteiger partial charge on any atom is -0.464 e. The molecule has 5 nitrogen and oxygen atoms in total. The molecule has 21 heavy (non-hydrogen) atoms. The largest absolute Gasteiger partial charge is 0.464 e. The summed E-state index contributed by atoms with van der Waals surface area (Å²) in [4.78, 5) is 0.289. The van der Waals surface area contributed by atoms with E-state index in [9.17, 15) is 8.42 Å². The molecule has 1 aromatic heterocycles. The minimum absolute atomic E-state index is 0.109. The fraction of sp³-hybridized carbons (Fsp3) is 0.733. The monoisotopic (exact) mass is 312 g/mol. The molecule has 0 spiro atoms. The van der Waals surface area contributed by atoms with Gasteiger partial charge in [0.1, 0.15) is 16.4 Å². The Kier molecular flexibility index (Phi) is 4.12. The van der Waals surface area contributed by atoms with Crippen LogP contribution in [0.4, 0.5) is 0 Å². The summed E-state index contributed by atoms with van der Waals surface area (Å²) in [5.41, 5.74) is 0. The third-order valence-corrected chi connectivity index (χ3v) is 5.84. The van der Waals surface area contributed by atoms with Crippen LogP contribution in [0.15, 0.2) is 15.4 Å². The zero-order chi connectivity index (χ0) is 15.0. The van der Waals surface area contributed by atoms with Crippen molar-refractivity contribution in [3.63, 3.8) is 0 Å². The second-order valence-electron chi connectivity index (χ2n) is 6.30. The normalized spacial score (nSPS) is 25.2. The second kappa shape index (κ2) is 5.74. The predicted octanol–water partition coefficient (Wildman–Crippen LogP) is 2.31. The molecule has 6 heteroatoms. The SMILES string of the molecule is CCCC1CC1NS(=O)(=O)c1cc(CNC2CC2)oc1C. The highest BCUT2D eigenvalue weighted by molar-refractivity contribution is 7.89. The fourth-order valence-electron chi connectivity index (χ4n) is 2.76. The van der Waals surface area contributed by atoms with Crippen LogP contribution in [0.5, 0.6) is 0 Å². The van der Waals surface area contributed by atoms with Crippen LogP contribution in [-0.4, -0.2) is 20.5 Å². The molecule has 1 aromatic rings. The van der Waals surface area contributed by atoms with E-state index in [1.54, 1.807) is 13.0 Å². The summed E-state index contributed by atoms with van der Waals surface area (Å²) < 4.78 is 33.2. The van der Waals surface area contributed by atoms with Gasteiger partial charge in [-0.2, -0.15) is 0 Å². The van der Waals surface area contributed by atoms with Gasteiger partial charge in [0.05, 0.1) is 6.54 Å². The molecular weight excluding hydrogens is 288 g/mol. The maximum Gasteiger partial charge on any atom is 0.244 e. The molecule has 0 aromatic carbocycles. The van der Waals surface area contributed by atoms with Gasteiger partial charge in [0, 0.05) is 18.2 Å². The van der Waals surface area contributed by atoms with E-state index in [-0.39, 0.29) is 10.9 Å². The zero-order valence-corrected chi connectivity index (χ0v) is 13.5. The molecule has 0 amide bonds. The molecule has 2 aliphatic rings. The molecule has 2 unspecified atom stereocenters. The number of rotatable bonds is 8. The van der Waals surface area contributed by atoms with E-state index in [1.807, 2.05) is 0 Å². The highest BCUT2D eigenvalue weighted by Crippen LogP contribution is 2.36. The average molecular weight is 312 g/mol. The Bertz CT molecular complexity index is 604. The van der Waals surface area contributed by atoms with Gasteiger partial charge < -0.3 is 9.73 Å². The third-order valence-electron chi connectivity index (χ3n) is 4.24. The van der Waals surface area contributed by atoms with Gasteiger partial charge in [-0.3, -0.25) is 0 Å². The van der Waals surface area contributed by atoms with Crippen molar-refractivity contribution in [3.8, 4) is 0 Å². The minimum atomic E-state index is -3.45. The summed E-state index contributed by atoms with van der Waals surface area (Å²) in [6, 6.07) is 2.34. The van der Waals surface area contributed by atoms with E-state index in [2.05, 4.69) is 17.0 Å². The van der Waals surface area contributed by atoms with E-state index < -0.39 is 10.0 Å². The number of sulfonamides is 1. The van der Waals surface area contributed by atoms with Crippen molar-refractivity contribution in [1.29, 1.82) is 0 Å². The van der Waals surface area contributed by atoms with Crippen molar-refractivity contribution in [2.75, 3.05) is 0 Å². The molecule has 0 aliphatic heterocycles. The molecule has 0 bridgehead atoms. The molecule has 3 rings (SSSR count). The lowest BCUT2D eigenvalue weighted by molar-refractivity contribution is 0.456. The average Bonchev–Trinajstić information content (AvgIpc) is 3.31. The standard InChI is InChI=1S/C15H24N2O3S/c1-3-4-11-7-14(11)17-21(18,19)15-8-13(20-10(15)2)9-16-12-5-6-12/h8,11-12,14,16-17H,3-7,9H2,1-2H3. The summed E-state index contributed by atoms with van der Waals surface area (Å²) in [7, 11) is -3.45. The smallest absolute Gasteiger partial charge is 0.244 e. The Labute approximate surface area is 126 Å². The Morgan fingerprint density at radius 1 is 1.38 bits per heavy atom. The fourth-order valence-corrected chi connectivity index (χ4v) is 4.28. The first kappa shape index (κ1) is 15.1. The number of hydrogen-bond acceptors (Lipinski definition) is 4. The summed E-state index contributed by atoms with van der Waals surface area (Å²) in [5, 5.41) is 3.33. The van der Waals surface area contributed by atoms with Gasteiger partial charge in [-0.05, 0) is 38.5 Å². The van der Waals surface area contributed by atoms with Crippen molar-refractivity contribution < 1.29 is 12.8 Å². The Hall–Kier alpha value is -0.850. The summed E-state index contributed by atoms with van der Waals surface area (Å²) >= 11 is 0. The lowest BCUT2D eigenvalue weighted by Crippen LogP contribution is -2.27. The van der Waals surface area contributed by atoms with Gasteiger partial charge >= 0.3 is 0 Å². The van der Waals surface area contributed by atoms with E-state index in [0.717, 1.165) is 19.3 Å². The van der Waals surface area contributed by atoms with Crippen molar-refractivity contribution in [3.05, 3.63) is 17.6 Å². The van der Waals surface area contributed by atoms with Crippen LogP contribution in [0, 0.1) is 12.8 Å². The van der Waals surface area contributed by atoms with Crippen molar-refractivity contribution in [2.45, 2.75) is 69.5 Å². The van der Waals surface area contributed by atoms with E-state index in [0.29, 0.717) is 30.0 Å². The van der Waals surface area contributed by atoms with Crippen molar-refractivity contribution in [1.82, 2.24) is 10.0 Å². The van der Waals surface area contributed by atoms with E-state index >= 15 is 0 Å². The number of nitrogens with one attached hydrogen (secondary N) is 2. The highest BCUT2D eigenvalue weighted by Gasteiger charge is 2.40. The lowest BCUT2D eigenvalue weighted by Gasteiger charge is -2.04. The van der Waals surface area contributed by atoms with Crippen LogP contribution < -0.4 is 10.0 Å². The van der Waals surface area contributed by atoms with E-state index in [1.165, 1.54) is 12.8 Å². The van der Waals surface area contributed by atoms with Gasteiger partial charge in [-0.15, -0.1) is 0 Å². The van der Waals surface area contributed by atoms with Crippen molar-refractivity contribution in [2.24, 2.45) is 5.92 Å². The molecule has 0 saturated heterocycles. The molecule has 2 atom stereocenters. The number of aryl methyl sites for hydroxylation is 1. The Morgan fingerprint density at radius 3 is 2.81 bits per heavy atom. The second-order valence-corrected chi connectivity index (χ2v) is 7.98. The first-order valence-corrected chi connectivity index (χ1v) is 9.33. The third kappa shape index (κ3) is 3.67. The first-order valence-electron chi connectivity index (χ1n) is 7.84. The van der Waals surface area contributed by atoms with Crippen LogP contribution in [0.25, 0.3) is 0 Å². The van der Waals surface area contributed by atoms with Crippen LogP contribution in [-0.2, 0) is 16.6 Å². The topological polar surface area (TPSA) is 71.3 Å². The molecule has 1 heterocycles. The van der Waals surface area contributed by atoms with Gasteiger partial charge in [0.25, 0.3) is 0 Å². The number of furan rings is 1. The predicted molar refractivity (Wildman–Crippen MR) is 80.4 cm³/mol. The number of hydrogen-bond donors (Lipinski definition) is 2.